The van der Waals surface area contributed by atoms with E-state index in [1.54, 1.807) is 24.3 Å². The summed E-state index contributed by atoms with van der Waals surface area (Å²) < 4.78 is 0. The number of nitrogens with one attached hydrogen (secondary N) is 2. The highest BCUT2D eigenvalue weighted by Crippen LogP contribution is 2.35. The second-order valence-corrected chi connectivity index (χ2v) is 5.13. The predicted molar refractivity (Wildman–Crippen MR) is 91.2 cm³/mol. The minimum Gasteiger partial charge on any atom is -0.493 e. The summed E-state index contributed by atoms with van der Waals surface area (Å²) in [6.45, 7) is 0. The SMILES string of the molecule is O=C(N=Nc1c(O)[nH]c2ccccc12)C(=O)Nc1ccc([N+](=O)[O-])cc1. The molecule has 0 aliphatic rings. The van der Waals surface area contributed by atoms with Gasteiger partial charge in [-0.3, -0.25) is 19.7 Å². The van der Waals surface area contributed by atoms with Crippen molar-refractivity contribution in [1.29, 1.82) is 0 Å². The fourth-order valence-corrected chi connectivity index (χ4v) is 2.21. The third-order valence-corrected chi connectivity index (χ3v) is 3.43. The van der Waals surface area contributed by atoms with E-state index in [9.17, 15) is 24.8 Å². The Bertz CT molecular complexity index is 1040. The molecular weight excluding hydrogens is 342 g/mol. The van der Waals surface area contributed by atoms with Crippen LogP contribution in [0.1, 0.15) is 0 Å². The Kier molecular flexibility index (Phi) is 4.39. The molecular formula is C16H11N5O5. The van der Waals surface area contributed by atoms with Gasteiger partial charge < -0.3 is 15.4 Å². The third kappa shape index (κ3) is 3.38. The van der Waals surface area contributed by atoms with Gasteiger partial charge in [-0.15, -0.1) is 10.2 Å². The van der Waals surface area contributed by atoms with Gasteiger partial charge >= 0.3 is 11.8 Å². The quantitative estimate of drug-likeness (QED) is 0.286. The van der Waals surface area contributed by atoms with Gasteiger partial charge in [0.2, 0.25) is 5.88 Å². The highest BCUT2D eigenvalue weighted by Gasteiger charge is 2.16. The van der Waals surface area contributed by atoms with Gasteiger partial charge in [0, 0.05) is 23.2 Å². The number of aromatic hydroxyl groups is 1. The lowest BCUT2D eigenvalue weighted by Crippen LogP contribution is -2.20. The largest absolute Gasteiger partial charge is 0.493 e. The number of H-pyrrole nitrogens is 1. The number of non-ortho nitro benzene ring substituents is 1. The standard InChI is InChI=1S/C16H11N5O5/c22-14-13(11-3-1-2-4-12(11)18-14)19-20-16(24)15(23)17-9-5-7-10(8-6-9)21(25)26/h1-8,18,22H,(H,17,23). The summed E-state index contributed by atoms with van der Waals surface area (Å²) in [4.78, 5) is 36.3. The van der Waals surface area contributed by atoms with Gasteiger partial charge in [0.05, 0.1) is 10.4 Å². The molecule has 130 valence electrons. The average Bonchev–Trinajstić information content (AvgIpc) is 2.95. The zero-order valence-electron chi connectivity index (χ0n) is 13.0. The summed E-state index contributed by atoms with van der Waals surface area (Å²) in [6.07, 6.45) is 0. The van der Waals surface area contributed by atoms with Crippen LogP contribution in [-0.4, -0.2) is 26.8 Å². The van der Waals surface area contributed by atoms with Gasteiger partial charge in [-0.05, 0) is 18.2 Å². The molecule has 1 aromatic heterocycles. The first-order valence-corrected chi connectivity index (χ1v) is 7.27. The van der Waals surface area contributed by atoms with Crippen LogP contribution in [0.2, 0.25) is 0 Å². The number of rotatable bonds is 3. The number of nitro benzene ring substituents is 1. The summed E-state index contributed by atoms with van der Waals surface area (Å²) >= 11 is 0. The highest BCUT2D eigenvalue weighted by atomic mass is 16.6. The van der Waals surface area contributed by atoms with E-state index in [4.69, 9.17) is 0 Å². The number of amides is 2. The maximum Gasteiger partial charge on any atom is 0.353 e. The molecule has 0 unspecified atom stereocenters. The number of azo groups is 1. The first-order valence-electron chi connectivity index (χ1n) is 7.27. The topological polar surface area (TPSA) is 150 Å². The fourth-order valence-electron chi connectivity index (χ4n) is 2.21. The Morgan fingerprint density at radius 1 is 1.12 bits per heavy atom. The molecule has 0 spiro atoms. The Hall–Kier alpha value is -4.08. The van der Waals surface area contributed by atoms with E-state index in [0.717, 1.165) is 0 Å². The van der Waals surface area contributed by atoms with Crippen LogP contribution < -0.4 is 5.32 Å². The Morgan fingerprint density at radius 3 is 2.50 bits per heavy atom. The summed E-state index contributed by atoms with van der Waals surface area (Å²) in [5.41, 5.74) is 0.682. The van der Waals surface area contributed by atoms with Gasteiger partial charge in [-0.25, -0.2) is 0 Å². The Balaban J connectivity index is 1.72. The molecule has 0 aliphatic heterocycles. The van der Waals surface area contributed by atoms with Crippen molar-refractivity contribution in [3.8, 4) is 5.88 Å². The zero-order valence-corrected chi connectivity index (χ0v) is 13.0. The van der Waals surface area contributed by atoms with Crippen molar-refractivity contribution >= 4 is 39.8 Å². The summed E-state index contributed by atoms with van der Waals surface area (Å²) in [5, 5.41) is 30.1. The molecule has 3 aromatic rings. The molecule has 10 heteroatoms. The van der Waals surface area contributed by atoms with E-state index in [1.165, 1.54) is 24.3 Å². The second-order valence-electron chi connectivity index (χ2n) is 5.13. The number of aromatic nitrogens is 1. The average molecular weight is 353 g/mol. The van der Waals surface area contributed by atoms with Gasteiger partial charge in [-0.2, -0.15) is 0 Å². The molecule has 1 heterocycles. The first kappa shape index (κ1) is 16.8. The number of hydrogen-bond acceptors (Lipinski definition) is 6. The molecule has 0 radical (unpaired) electrons. The lowest BCUT2D eigenvalue weighted by atomic mass is 10.2. The van der Waals surface area contributed by atoms with Gasteiger partial charge in [0.15, 0.2) is 5.69 Å². The number of nitro groups is 1. The number of anilines is 1. The zero-order chi connectivity index (χ0) is 18.7. The van der Waals surface area contributed by atoms with E-state index in [-0.39, 0.29) is 22.9 Å². The molecule has 10 nitrogen and oxygen atoms in total. The highest BCUT2D eigenvalue weighted by molar-refractivity contribution is 6.40. The number of para-hydroxylation sites is 1. The molecule has 0 fully saturated rings. The normalized spacial score (nSPS) is 10.9. The molecule has 2 aromatic carbocycles. The number of carbonyl (C=O) groups excluding carboxylic acids is 2. The number of nitrogens with zero attached hydrogens (tertiary/aromatic N) is 3. The van der Waals surface area contributed by atoms with Crippen LogP contribution in [-0.2, 0) is 9.59 Å². The van der Waals surface area contributed by atoms with Crippen LogP contribution >= 0.6 is 0 Å². The van der Waals surface area contributed by atoms with E-state index in [0.29, 0.717) is 10.9 Å². The van der Waals surface area contributed by atoms with E-state index >= 15 is 0 Å². The number of fused-ring (bicyclic) bond motifs is 1. The van der Waals surface area contributed by atoms with E-state index in [1.807, 2.05) is 0 Å². The van der Waals surface area contributed by atoms with Gasteiger partial charge in [0.1, 0.15) is 0 Å². The van der Waals surface area contributed by atoms with Gasteiger partial charge in [0.25, 0.3) is 5.69 Å². The molecule has 0 bridgehead atoms. The maximum atomic E-state index is 11.8. The van der Waals surface area contributed by atoms with Crippen molar-refractivity contribution in [2.45, 2.75) is 0 Å². The molecule has 3 rings (SSSR count). The van der Waals surface area contributed by atoms with Crippen molar-refractivity contribution in [3.05, 3.63) is 58.6 Å². The Morgan fingerprint density at radius 2 is 1.81 bits per heavy atom. The van der Waals surface area contributed by atoms with Crippen molar-refractivity contribution < 1.29 is 19.6 Å². The Labute approximate surface area is 145 Å². The molecule has 0 atom stereocenters. The number of hydrogen-bond donors (Lipinski definition) is 3. The van der Waals surface area contributed by atoms with Crippen LogP contribution in [0, 0.1) is 10.1 Å². The summed E-state index contributed by atoms with van der Waals surface area (Å²) in [7, 11) is 0. The van der Waals surface area contributed by atoms with E-state index < -0.39 is 16.7 Å². The second kappa shape index (κ2) is 6.81. The van der Waals surface area contributed by atoms with Crippen molar-refractivity contribution in [2.75, 3.05) is 5.32 Å². The van der Waals surface area contributed by atoms with E-state index in [2.05, 4.69) is 20.5 Å². The summed E-state index contributed by atoms with van der Waals surface area (Å²) in [5.74, 6) is -2.53. The predicted octanol–water partition coefficient (Wildman–Crippen LogP) is 3.03. The molecule has 26 heavy (non-hydrogen) atoms. The maximum absolute atomic E-state index is 11.8. The van der Waals surface area contributed by atoms with Crippen LogP contribution in [0.5, 0.6) is 5.88 Å². The van der Waals surface area contributed by atoms with Crippen molar-refractivity contribution in [2.24, 2.45) is 10.2 Å². The monoisotopic (exact) mass is 353 g/mol. The minimum absolute atomic E-state index is 0.0390. The van der Waals surface area contributed by atoms with Crippen LogP contribution in [0.4, 0.5) is 17.1 Å². The van der Waals surface area contributed by atoms with Crippen LogP contribution in [0.3, 0.4) is 0 Å². The number of carbonyl (C=O) groups is 2. The molecule has 2 amide bonds. The molecule has 0 saturated heterocycles. The van der Waals surface area contributed by atoms with Crippen LogP contribution in [0.25, 0.3) is 10.9 Å². The van der Waals surface area contributed by atoms with Gasteiger partial charge in [-0.1, -0.05) is 18.2 Å². The minimum atomic E-state index is -1.19. The van der Waals surface area contributed by atoms with Crippen molar-refractivity contribution in [3.63, 3.8) is 0 Å². The third-order valence-electron chi connectivity index (χ3n) is 3.43. The smallest absolute Gasteiger partial charge is 0.353 e. The summed E-state index contributed by atoms with van der Waals surface area (Å²) in [6, 6.07) is 11.8. The van der Waals surface area contributed by atoms with Crippen LogP contribution in [0.15, 0.2) is 58.8 Å². The fraction of sp³-hybridized carbons (Fsp3) is 0. The number of aromatic amines is 1. The van der Waals surface area contributed by atoms with Crippen molar-refractivity contribution in [1.82, 2.24) is 4.98 Å². The molecule has 0 saturated carbocycles. The lowest BCUT2D eigenvalue weighted by Gasteiger charge is -2.01. The molecule has 0 aliphatic carbocycles. The molecule has 3 N–H and O–H groups in total. The lowest BCUT2D eigenvalue weighted by molar-refractivity contribution is -0.384. The number of benzene rings is 2. The first-order chi connectivity index (χ1) is 12.5.